The molecule has 0 spiro atoms. The molecule has 24 heavy (non-hydrogen) atoms. The van der Waals surface area contributed by atoms with Crippen molar-refractivity contribution in [2.24, 2.45) is 0 Å². The van der Waals surface area contributed by atoms with E-state index in [1.165, 1.54) is 25.1 Å². The highest BCUT2D eigenvalue weighted by atomic mass is 16.6. The largest absolute Gasteiger partial charge is 0.326 e. The molecular weight excluding hydrogens is 310 g/mol. The van der Waals surface area contributed by atoms with E-state index in [2.05, 4.69) is 10.6 Å². The minimum Gasteiger partial charge on any atom is -0.326 e. The Morgan fingerprint density at radius 3 is 2.25 bits per heavy atom. The molecule has 0 aromatic heterocycles. The van der Waals surface area contributed by atoms with Crippen molar-refractivity contribution in [3.8, 4) is 0 Å². The zero-order valence-corrected chi connectivity index (χ0v) is 13.5. The van der Waals surface area contributed by atoms with Gasteiger partial charge < -0.3 is 10.6 Å². The van der Waals surface area contributed by atoms with Gasteiger partial charge in [0, 0.05) is 35.5 Å². The zero-order chi connectivity index (χ0) is 17.9. The van der Waals surface area contributed by atoms with Crippen LogP contribution in [0.25, 0.3) is 0 Å². The molecule has 0 fully saturated rings. The summed E-state index contributed by atoms with van der Waals surface area (Å²) in [6.45, 7) is 4.77. The standard InChI is InChI=1S/C17H17N3O4/c1-10-7-8-13(9-16(10)20(23)24)17(22)19-15-6-4-5-14(11(15)2)18-12(3)21/h4-9H,1-3H3,(H,18,21)(H,19,22). The molecule has 0 atom stereocenters. The fourth-order valence-corrected chi connectivity index (χ4v) is 2.24. The van der Waals surface area contributed by atoms with E-state index < -0.39 is 10.8 Å². The molecule has 0 aliphatic rings. The maximum absolute atomic E-state index is 12.4. The number of nitrogens with one attached hydrogen (secondary N) is 2. The summed E-state index contributed by atoms with van der Waals surface area (Å²) in [5, 5.41) is 16.4. The molecule has 0 radical (unpaired) electrons. The van der Waals surface area contributed by atoms with Crippen molar-refractivity contribution in [3.05, 3.63) is 63.2 Å². The molecule has 2 N–H and O–H groups in total. The van der Waals surface area contributed by atoms with Crippen molar-refractivity contribution in [3.63, 3.8) is 0 Å². The van der Waals surface area contributed by atoms with Crippen molar-refractivity contribution in [1.29, 1.82) is 0 Å². The highest BCUT2D eigenvalue weighted by Gasteiger charge is 2.16. The molecule has 2 aromatic rings. The van der Waals surface area contributed by atoms with Gasteiger partial charge in [0.05, 0.1) is 4.92 Å². The predicted octanol–water partition coefficient (Wildman–Crippen LogP) is 3.42. The van der Waals surface area contributed by atoms with Gasteiger partial charge in [0.25, 0.3) is 11.6 Å². The Morgan fingerprint density at radius 2 is 1.67 bits per heavy atom. The van der Waals surface area contributed by atoms with E-state index in [4.69, 9.17) is 0 Å². The van der Waals surface area contributed by atoms with Gasteiger partial charge in [-0.05, 0) is 37.6 Å². The van der Waals surface area contributed by atoms with E-state index in [-0.39, 0.29) is 17.2 Å². The molecule has 7 nitrogen and oxygen atoms in total. The number of aryl methyl sites for hydroxylation is 1. The lowest BCUT2D eigenvalue weighted by molar-refractivity contribution is -0.385. The molecule has 2 amide bonds. The van der Waals surface area contributed by atoms with E-state index >= 15 is 0 Å². The monoisotopic (exact) mass is 327 g/mol. The average molecular weight is 327 g/mol. The minimum atomic E-state index is -0.519. The van der Waals surface area contributed by atoms with E-state index in [1.54, 1.807) is 32.0 Å². The van der Waals surface area contributed by atoms with Gasteiger partial charge in [-0.1, -0.05) is 12.1 Å². The van der Waals surface area contributed by atoms with Crippen LogP contribution in [0, 0.1) is 24.0 Å². The molecule has 0 saturated carbocycles. The first kappa shape index (κ1) is 17.1. The molecule has 0 unspecified atom stereocenters. The third-order valence-electron chi connectivity index (χ3n) is 3.56. The van der Waals surface area contributed by atoms with Crippen LogP contribution in [0.1, 0.15) is 28.4 Å². The summed E-state index contributed by atoms with van der Waals surface area (Å²) in [5.41, 5.74) is 2.38. The number of rotatable bonds is 4. The topological polar surface area (TPSA) is 101 Å². The lowest BCUT2D eigenvalue weighted by Gasteiger charge is -2.13. The number of benzene rings is 2. The molecule has 0 aliphatic heterocycles. The van der Waals surface area contributed by atoms with Gasteiger partial charge in [0.2, 0.25) is 5.91 Å². The minimum absolute atomic E-state index is 0.105. The second kappa shape index (κ2) is 6.91. The van der Waals surface area contributed by atoms with E-state index in [9.17, 15) is 19.7 Å². The zero-order valence-electron chi connectivity index (χ0n) is 13.5. The molecule has 124 valence electrons. The SMILES string of the molecule is CC(=O)Nc1cccc(NC(=O)c2ccc(C)c([N+](=O)[O-])c2)c1C. The molecule has 0 heterocycles. The fourth-order valence-electron chi connectivity index (χ4n) is 2.24. The molecule has 7 heteroatoms. The number of carbonyl (C=O) groups excluding carboxylic acids is 2. The van der Waals surface area contributed by atoms with E-state index in [0.29, 0.717) is 22.5 Å². The summed E-state index contributed by atoms with van der Waals surface area (Å²) in [5.74, 6) is -0.670. The number of hydrogen-bond acceptors (Lipinski definition) is 4. The van der Waals surface area contributed by atoms with Crippen LogP contribution >= 0.6 is 0 Å². The number of hydrogen-bond donors (Lipinski definition) is 2. The summed E-state index contributed by atoms with van der Waals surface area (Å²) >= 11 is 0. The van der Waals surface area contributed by atoms with Gasteiger partial charge >= 0.3 is 0 Å². The number of carbonyl (C=O) groups is 2. The van der Waals surface area contributed by atoms with E-state index in [1.807, 2.05) is 0 Å². The fraction of sp³-hybridized carbons (Fsp3) is 0.176. The van der Waals surface area contributed by atoms with Crippen molar-refractivity contribution in [1.82, 2.24) is 0 Å². The summed E-state index contributed by atoms with van der Waals surface area (Å²) < 4.78 is 0. The molecule has 2 rings (SSSR count). The van der Waals surface area contributed by atoms with Crippen LogP contribution in [0.4, 0.5) is 17.1 Å². The van der Waals surface area contributed by atoms with Crippen LogP contribution in [0.2, 0.25) is 0 Å². The Kier molecular flexibility index (Phi) is 4.93. The van der Waals surface area contributed by atoms with Gasteiger partial charge in [0.1, 0.15) is 0 Å². The summed E-state index contributed by atoms with van der Waals surface area (Å²) in [4.78, 5) is 34.0. The number of nitrogens with zero attached hydrogens (tertiary/aromatic N) is 1. The Hall–Kier alpha value is -3.22. The first-order valence-corrected chi connectivity index (χ1v) is 7.23. The summed E-state index contributed by atoms with van der Waals surface area (Å²) in [7, 11) is 0. The van der Waals surface area contributed by atoms with E-state index in [0.717, 1.165) is 0 Å². The van der Waals surface area contributed by atoms with Crippen molar-refractivity contribution in [2.45, 2.75) is 20.8 Å². The van der Waals surface area contributed by atoms with Gasteiger partial charge in [-0.15, -0.1) is 0 Å². The van der Waals surface area contributed by atoms with Crippen LogP contribution < -0.4 is 10.6 Å². The average Bonchev–Trinajstić information content (AvgIpc) is 2.50. The van der Waals surface area contributed by atoms with Crippen LogP contribution in [0.15, 0.2) is 36.4 Å². The highest BCUT2D eigenvalue weighted by molar-refractivity contribution is 6.05. The molecule has 0 aliphatic carbocycles. The van der Waals surface area contributed by atoms with Gasteiger partial charge in [0.15, 0.2) is 0 Å². The Balaban J connectivity index is 2.29. The Bertz CT molecular complexity index is 831. The lowest BCUT2D eigenvalue weighted by Crippen LogP contribution is -2.14. The number of anilines is 2. The van der Waals surface area contributed by atoms with Crippen LogP contribution in [0.5, 0.6) is 0 Å². The summed E-state index contributed by atoms with van der Waals surface area (Å²) in [6, 6.07) is 9.44. The highest BCUT2D eigenvalue weighted by Crippen LogP contribution is 2.25. The molecule has 0 saturated heterocycles. The molecule has 2 aromatic carbocycles. The predicted molar refractivity (Wildman–Crippen MR) is 91.3 cm³/mol. The maximum atomic E-state index is 12.4. The van der Waals surface area contributed by atoms with Crippen LogP contribution in [0.3, 0.4) is 0 Å². The van der Waals surface area contributed by atoms with Gasteiger partial charge in [-0.2, -0.15) is 0 Å². The smallest absolute Gasteiger partial charge is 0.273 e. The maximum Gasteiger partial charge on any atom is 0.273 e. The number of nitro groups is 1. The normalized spacial score (nSPS) is 10.1. The van der Waals surface area contributed by atoms with Crippen molar-refractivity contribution in [2.75, 3.05) is 10.6 Å². The number of nitro benzene ring substituents is 1. The van der Waals surface area contributed by atoms with Gasteiger partial charge in [-0.25, -0.2) is 0 Å². The third-order valence-corrected chi connectivity index (χ3v) is 3.56. The quantitative estimate of drug-likeness (QED) is 0.663. The second-order valence-electron chi connectivity index (χ2n) is 5.37. The molecule has 0 bridgehead atoms. The van der Waals surface area contributed by atoms with Crippen molar-refractivity contribution < 1.29 is 14.5 Å². The second-order valence-corrected chi connectivity index (χ2v) is 5.37. The van der Waals surface area contributed by atoms with Crippen LogP contribution in [-0.4, -0.2) is 16.7 Å². The lowest BCUT2D eigenvalue weighted by atomic mass is 10.1. The van der Waals surface area contributed by atoms with Gasteiger partial charge in [-0.3, -0.25) is 19.7 Å². The number of amides is 2. The van der Waals surface area contributed by atoms with Crippen molar-refractivity contribution >= 4 is 28.9 Å². The first-order chi connectivity index (χ1) is 11.3. The van der Waals surface area contributed by atoms with Crippen LogP contribution in [-0.2, 0) is 4.79 Å². The Morgan fingerprint density at radius 1 is 1.04 bits per heavy atom. The third kappa shape index (κ3) is 3.75. The summed E-state index contributed by atoms with van der Waals surface area (Å²) in [6.07, 6.45) is 0. The first-order valence-electron chi connectivity index (χ1n) is 7.23. The Labute approximate surface area is 138 Å². The molecular formula is C17H17N3O4.